The molecule has 0 aliphatic carbocycles. The zero-order chi connectivity index (χ0) is 11.7. The molecule has 1 aromatic heterocycles. The number of aryl methyl sites for hydroxylation is 1. The third kappa shape index (κ3) is 1.58. The summed E-state index contributed by atoms with van der Waals surface area (Å²) in [7, 11) is 1.58. The molecule has 0 saturated carbocycles. The lowest BCUT2D eigenvalue weighted by Crippen LogP contribution is -1.92. The highest BCUT2D eigenvalue weighted by molar-refractivity contribution is 6.31. The van der Waals surface area contributed by atoms with Gasteiger partial charge in [-0.05, 0) is 24.6 Å². The Labute approximate surface area is 98.2 Å². The van der Waals surface area contributed by atoms with Crippen LogP contribution in [0.2, 0.25) is 5.15 Å². The lowest BCUT2D eigenvalue weighted by atomic mass is 10.1. The van der Waals surface area contributed by atoms with E-state index in [1.807, 2.05) is 25.1 Å². The molecule has 0 spiro atoms. The first-order chi connectivity index (χ1) is 7.67. The van der Waals surface area contributed by atoms with Gasteiger partial charge in [-0.25, -0.2) is 4.98 Å². The van der Waals surface area contributed by atoms with E-state index in [2.05, 4.69) is 4.98 Å². The Bertz CT molecular complexity index is 602. The average Bonchev–Trinajstić information content (AvgIpc) is 2.29. The smallest absolute Gasteiger partial charge is 0.147 e. The van der Waals surface area contributed by atoms with Crippen LogP contribution in [0.5, 0.6) is 5.75 Å². The van der Waals surface area contributed by atoms with Gasteiger partial charge in [0.15, 0.2) is 0 Å². The number of nitrogens with zero attached hydrogens (tertiary/aromatic N) is 2. The molecule has 0 radical (unpaired) electrons. The van der Waals surface area contributed by atoms with Crippen LogP contribution in [0, 0.1) is 18.3 Å². The van der Waals surface area contributed by atoms with Gasteiger partial charge in [0, 0.05) is 5.39 Å². The minimum absolute atomic E-state index is 0.207. The topological polar surface area (TPSA) is 45.9 Å². The molecule has 0 amide bonds. The van der Waals surface area contributed by atoms with Crippen LogP contribution in [-0.4, -0.2) is 12.1 Å². The summed E-state index contributed by atoms with van der Waals surface area (Å²) in [6.45, 7) is 1.96. The van der Waals surface area contributed by atoms with Crippen LogP contribution < -0.4 is 4.74 Å². The Morgan fingerprint density at radius 3 is 2.81 bits per heavy atom. The number of aromatic nitrogens is 1. The maximum atomic E-state index is 8.89. The van der Waals surface area contributed by atoms with E-state index in [0.29, 0.717) is 16.8 Å². The monoisotopic (exact) mass is 232 g/mol. The van der Waals surface area contributed by atoms with Crippen molar-refractivity contribution in [3.63, 3.8) is 0 Å². The van der Waals surface area contributed by atoms with Crippen molar-refractivity contribution in [2.24, 2.45) is 0 Å². The van der Waals surface area contributed by atoms with E-state index in [1.54, 1.807) is 13.2 Å². The van der Waals surface area contributed by atoms with Crippen molar-refractivity contribution in [3.05, 3.63) is 34.5 Å². The number of halogens is 1. The highest BCUT2D eigenvalue weighted by Crippen LogP contribution is 2.29. The first-order valence-electron chi connectivity index (χ1n) is 4.71. The lowest BCUT2D eigenvalue weighted by molar-refractivity contribution is 0.419. The summed E-state index contributed by atoms with van der Waals surface area (Å²) >= 11 is 5.90. The minimum atomic E-state index is 0.207. The van der Waals surface area contributed by atoms with E-state index in [4.69, 9.17) is 21.6 Å². The second-order valence-electron chi connectivity index (χ2n) is 3.42. The van der Waals surface area contributed by atoms with Gasteiger partial charge in [-0.3, -0.25) is 0 Å². The molecule has 0 fully saturated rings. The van der Waals surface area contributed by atoms with Gasteiger partial charge in [-0.15, -0.1) is 0 Å². The highest BCUT2D eigenvalue weighted by Gasteiger charge is 2.10. The van der Waals surface area contributed by atoms with Crippen molar-refractivity contribution in [1.29, 1.82) is 5.26 Å². The Morgan fingerprint density at radius 2 is 2.19 bits per heavy atom. The van der Waals surface area contributed by atoms with Crippen molar-refractivity contribution in [2.75, 3.05) is 7.11 Å². The molecule has 2 rings (SSSR count). The van der Waals surface area contributed by atoms with Crippen LogP contribution >= 0.6 is 11.6 Å². The molecular formula is C12H9ClN2O. The number of ether oxygens (including phenoxy) is 1. The van der Waals surface area contributed by atoms with Crippen molar-refractivity contribution in [2.45, 2.75) is 6.92 Å². The first kappa shape index (κ1) is 10.7. The number of hydrogen-bond acceptors (Lipinski definition) is 3. The molecule has 0 saturated heterocycles. The summed E-state index contributed by atoms with van der Waals surface area (Å²) in [5.74, 6) is 0.659. The van der Waals surface area contributed by atoms with E-state index in [1.165, 1.54) is 0 Å². The first-order valence-corrected chi connectivity index (χ1v) is 5.09. The van der Waals surface area contributed by atoms with Gasteiger partial charge in [0.05, 0.1) is 12.7 Å². The number of pyridine rings is 1. The molecule has 1 aromatic carbocycles. The van der Waals surface area contributed by atoms with Crippen LogP contribution in [0.1, 0.15) is 11.1 Å². The van der Waals surface area contributed by atoms with Gasteiger partial charge < -0.3 is 4.74 Å². The van der Waals surface area contributed by atoms with Gasteiger partial charge in [-0.2, -0.15) is 5.26 Å². The standard InChI is InChI=1S/C12H9ClN2O/c1-7-3-4-10(16-2)11-9(7)5-8(6-14)12(13)15-11/h3-5H,1-2H3. The van der Waals surface area contributed by atoms with Crippen LogP contribution in [0.4, 0.5) is 0 Å². The van der Waals surface area contributed by atoms with Gasteiger partial charge in [-0.1, -0.05) is 17.7 Å². The molecule has 0 unspecified atom stereocenters. The van der Waals surface area contributed by atoms with E-state index in [9.17, 15) is 0 Å². The van der Waals surface area contributed by atoms with Gasteiger partial charge in [0.2, 0.25) is 0 Å². The normalized spacial score (nSPS) is 10.1. The second kappa shape index (κ2) is 3.99. The van der Waals surface area contributed by atoms with Crippen LogP contribution in [-0.2, 0) is 0 Å². The fourth-order valence-electron chi connectivity index (χ4n) is 1.59. The number of benzene rings is 1. The maximum Gasteiger partial charge on any atom is 0.147 e. The molecule has 1 heterocycles. The Morgan fingerprint density at radius 1 is 1.44 bits per heavy atom. The van der Waals surface area contributed by atoms with E-state index in [-0.39, 0.29) is 5.15 Å². The summed E-state index contributed by atoms with van der Waals surface area (Å²) in [6, 6.07) is 7.52. The average molecular weight is 233 g/mol. The molecule has 16 heavy (non-hydrogen) atoms. The van der Waals surface area contributed by atoms with Crippen molar-refractivity contribution in [3.8, 4) is 11.8 Å². The largest absolute Gasteiger partial charge is 0.494 e. The van der Waals surface area contributed by atoms with Gasteiger partial charge >= 0.3 is 0 Å². The number of fused-ring (bicyclic) bond motifs is 1. The minimum Gasteiger partial charge on any atom is -0.494 e. The van der Waals surface area contributed by atoms with Gasteiger partial charge in [0.25, 0.3) is 0 Å². The maximum absolute atomic E-state index is 8.89. The predicted molar refractivity (Wildman–Crippen MR) is 62.8 cm³/mol. The predicted octanol–water partition coefficient (Wildman–Crippen LogP) is 3.08. The molecule has 0 bridgehead atoms. The Kier molecular flexibility index (Phi) is 2.67. The molecular weight excluding hydrogens is 224 g/mol. The van der Waals surface area contributed by atoms with Crippen molar-refractivity contribution >= 4 is 22.5 Å². The summed E-state index contributed by atoms with van der Waals surface area (Å²) < 4.78 is 5.21. The quantitative estimate of drug-likeness (QED) is 0.710. The molecule has 0 atom stereocenters. The van der Waals surface area contributed by atoms with E-state index in [0.717, 1.165) is 10.9 Å². The summed E-state index contributed by atoms with van der Waals surface area (Å²) in [4.78, 5) is 4.20. The van der Waals surface area contributed by atoms with Gasteiger partial charge in [0.1, 0.15) is 22.5 Å². The molecule has 0 aliphatic rings. The third-order valence-corrected chi connectivity index (χ3v) is 2.75. The molecule has 0 N–H and O–H groups in total. The van der Waals surface area contributed by atoms with E-state index >= 15 is 0 Å². The van der Waals surface area contributed by atoms with Crippen molar-refractivity contribution in [1.82, 2.24) is 4.98 Å². The molecule has 80 valence electrons. The number of hydrogen-bond donors (Lipinski definition) is 0. The summed E-state index contributed by atoms with van der Waals surface area (Å²) in [5, 5.41) is 9.99. The highest BCUT2D eigenvalue weighted by atomic mass is 35.5. The molecule has 3 nitrogen and oxygen atoms in total. The van der Waals surface area contributed by atoms with Crippen LogP contribution in [0.25, 0.3) is 10.9 Å². The Balaban J connectivity index is 2.89. The number of rotatable bonds is 1. The Hall–Kier alpha value is -1.79. The van der Waals surface area contributed by atoms with Crippen molar-refractivity contribution < 1.29 is 4.74 Å². The zero-order valence-corrected chi connectivity index (χ0v) is 9.67. The number of nitriles is 1. The third-order valence-electron chi connectivity index (χ3n) is 2.46. The van der Waals surface area contributed by atoms with E-state index < -0.39 is 0 Å². The molecule has 4 heteroatoms. The SMILES string of the molecule is COc1ccc(C)c2cc(C#N)c(Cl)nc12. The fourth-order valence-corrected chi connectivity index (χ4v) is 1.77. The lowest BCUT2D eigenvalue weighted by Gasteiger charge is -2.07. The molecule has 0 aliphatic heterocycles. The number of methoxy groups -OCH3 is 1. The van der Waals surface area contributed by atoms with Crippen LogP contribution in [0.15, 0.2) is 18.2 Å². The van der Waals surface area contributed by atoms with Crippen LogP contribution in [0.3, 0.4) is 0 Å². The molecule has 2 aromatic rings. The second-order valence-corrected chi connectivity index (χ2v) is 3.78. The summed E-state index contributed by atoms with van der Waals surface area (Å²) in [5.41, 5.74) is 2.11. The fraction of sp³-hybridized carbons (Fsp3) is 0.167. The summed E-state index contributed by atoms with van der Waals surface area (Å²) in [6.07, 6.45) is 0. The zero-order valence-electron chi connectivity index (χ0n) is 8.91.